The summed E-state index contributed by atoms with van der Waals surface area (Å²) in [4.78, 5) is 12.0. The zero-order valence-corrected chi connectivity index (χ0v) is 11.0. The maximum absolute atomic E-state index is 12.0. The van der Waals surface area contributed by atoms with Gasteiger partial charge in [-0.2, -0.15) is 5.10 Å². The molecular formula is C15H17N3O. The van der Waals surface area contributed by atoms with Crippen LogP contribution in [0.15, 0.2) is 36.4 Å². The minimum Gasteiger partial charge on any atom is -0.310 e. The number of anilines is 1. The van der Waals surface area contributed by atoms with Crippen molar-refractivity contribution in [2.45, 2.75) is 26.2 Å². The molecular weight excluding hydrogens is 238 g/mol. The first-order valence-corrected chi connectivity index (χ1v) is 6.67. The van der Waals surface area contributed by atoms with Crippen LogP contribution in [0.25, 0.3) is 5.69 Å². The van der Waals surface area contributed by atoms with E-state index in [1.54, 1.807) is 4.68 Å². The monoisotopic (exact) mass is 255 g/mol. The number of amides is 1. The lowest BCUT2D eigenvalue weighted by molar-refractivity contribution is -0.122. The fraction of sp³-hybridized carbons (Fsp3) is 0.333. The maximum Gasteiger partial charge on any atom is 0.228 e. The summed E-state index contributed by atoms with van der Waals surface area (Å²) in [5.74, 6) is 1.04. The zero-order valence-electron chi connectivity index (χ0n) is 11.0. The Morgan fingerprint density at radius 1 is 1.32 bits per heavy atom. The van der Waals surface area contributed by atoms with Crippen molar-refractivity contribution in [3.05, 3.63) is 42.1 Å². The molecule has 1 amide bonds. The molecule has 1 aliphatic carbocycles. The molecule has 19 heavy (non-hydrogen) atoms. The van der Waals surface area contributed by atoms with Crippen LogP contribution in [-0.4, -0.2) is 15.7 Å². The fourth-order valence-electron chi connectivity index (χ4n) is 2.25. The number of aryl methyl sites for hydroxylation is 1. The Morgan fingerprint density at radius 2 is 2.05 bits per heavy atom. The lowest BCUT2D eigenvalue weighted by atomic mass is 9.85. The van der Waals surface area contributed by atoms with E-state index in [9.17, 15) is 4.79 Å². The molecule has 4 nitrogen and oxygen atoms in total. The molecule has 0 radical (unpaired) electrons. The van der Waals surface area contributed by atoms with Crippen LogP contribution < -0.4 is 5.32 Å². The second-order valence-electron chi connectivity index (χ2n) is 5.04. The molecule has 0 spiro atoms. The summed E-state index contributed by atoms with van der Waals surface area (Å²) in [7, 11) is 0. The maximum atomic E-state index is 12.0. The lowest BCUT2D eigenvalue weighted by Crippen LogP contribution is -2.28. The van der Waals surface area contributed by atoms with Crippen molar-refractivity contribution in [2.75, 3.05) is 5.32 Å². The second-order valence-corrected chi connectivity index (χ2v) is 5.04. The first-order valence-electron chi connectivity index (χ1n) is 6.67. The summed E-state index contributed by atoms with van der Waals surface area (Å²) in [5, 5.41) is 7.43. The lowest BCUT2D eigenvalue weighted by Gasteiger charge is -2.24. The Morgan fingerprint density at radius 3 is 2.68 bits per heavy atom. The molecule has 0 bridgehead atoms. The van der Waals surface area contributed by atoms with Gasteiger partial charge in [-0.25, -0.2) is 4.68 Å². The molecule has 98 valence electrons. The van der Waals surface area contributed by atoms with E-state index in [-0.39, 0.29) is 11.8 Å². The molecule has 0 aliphatic heterocycles. The van der Waals surface area contributed by atoms with Crippen molar-refractivity contribution in [1.82, 2.24) is 9.78 Å². The number of aromatic nitrogens is 2. The third kappa shape index (κ3) is 2.38. The van der Waals surface area contributed by atoms with Crippen molar-refractivity contribution < 1.29 is 4.79 Å². The highest BCUT2D eigenvalue weighted by molar-refractivity contribution is 5.92. The summed E-state index contributed by atoms with van der Waals surface area (Å²) in [6.07, 6.45) is 3.17. The molecule has 1 N–H and O–H groups in total. The second kappa shape index (κ2) is 4.88. The van der Waals surface area contributed by atoms with Gasteiger partial charge in [-0.1, -0.05) is 24.6 Å². The minimum absolute atomic E-state index is 0.114. The van der Waals surface area contributed by atoms with Crippen molar-refractivity contribution >= 4 is 11.7 Å². The third-order valence-corrected chi connectivity index (χ3v) is 3.56. The number of hydrogen-bond acceptors (Lipinski definition) is 2. The van der Waals surface area contributed by atoms with Crippen LogP contribution in [0.5, 0.6) is 0 Å². The predicted molar refractivity (Wildman–Crippen MR) is 74.3 cm³/mol. The highest BCUT2D eigenvalue weighted by Crippen LogP contribution is 2.28. The molecule has 1 aliphatic rings. The predicted octanol–water partition coefficient (Wildman–Crippen LogP) is 2.92. The molecule has 3 rings (SSSR count). The number of carbonyl (C=O) groups excluding carboxylic acids is 1. The number of carbonyl (C=O) groups is 1. The number of nitrogens with one attached hydrogen (secondary N) is 1. The quantitative estimate of drug-likeness (QED) is 0.916. The highest BCUT2D eigenvalue weighted by Gasteiger charge is 2.26. The molecule has 0 unspecified atom stereocenters. The Kier molecular flexibility index (Phi) is 3.07. The van der Waals surface area contributed by atoms with Gasteiger partial charge in [0.2, 0.25) is 5.91 Å². The topological polar surface area (TPSA) is 46.9 Å². The smallest absolute Gasteiger partial charge is 0.228 e. The van der Waals surface area contributed by atoms with Crippen LogP contribution in [0.3, 0.4) is 0 Å². The molecule has 1 heterocycles. The molecule has 0 saturated heterocycles. The summed E-state index contributed by atoms with van der Waals surface area (Å²) in [6, 6.07) is 11.8. The number of para-hydroxylation sites is 1. The van der Waals surface area contributed by atoms with Gasteiger partial charge in [0.1, 0.15) is 5.82 Å². The van der Waals surface area contributed by atoms with Crippen LogP contribution in [0.1, 0.15) is 25.0 Å². The summed E-state index contributed by atoms with van der Waals surface area (Å²) < 4.78 is 1.78. The Labute approximate surface area is 112 Å². The fourth-order valence-corrected chi connectivity index (χ4v) is 2.25. The van der Waals surface area contributed by atoms with E-state index in [0.717, 1.165) is 36.5 Å². The van der Waals surface area contributed by atoms with Crippen LogP contribution in [0.2, 0.25) is 0 Å². The van der Waals surface area contributed by atoms with E-state index in [4.69, 9.17) is 0 Å². The van der Waals surface area contributed by atoms with E-state index in [1.807, 2.05) is 43.3 Å². The van der Waals surface area contributed by atoms with Gasteiger partial charge < -0.3 is 5.32 Å². The summed E-state index contributed by atoms with van der Waals surface area (Å²) >= 11 is 0. The molecule has 0 atom stereocenters. The van der Waals surface area contributed by atoms with Crippen LogP contribution >= 0.6 is 0 Å². The van der Waals surface area contributed by atoms with Gasteiger partial charge in [0.15, 0.2) is 0 Å². The molecule has 1 aromatic heterocycles. The van der Waals surface area contributed by atoms with Gasteiger partial charge in [0.05, 0.1) is 11.4 Å². The Hall–Kier alpha value is -2.10. The van der Waals surface area contributed by atoms with E-state index < -0.39 is 0 Å². The van der Waals surface area contributed by atoms with E-state index in [1.165, 1.54) is 0 Å². The summed E-state index contributed by atoms with van der Waals surface area (Å²) in [6.45, 7) is 1.93. The summed E-state index contributed by atoms with van der Waals surface area (Å²) in [5.41, 5.74) is 1.85. The molecule has 1 fully saturated rings. The van der Waals surface area contributed by atoms with E-state index in [0.29, 0.717) is 0 Å². The van der Waals surface area contributed by atoms with E-state index in [2.05, 4.69) is 10.4 Å². The van der Waals surface area contributed by atoms with Gasteiger partial charge in [-0.15, -0.1) is 0 Å². The number of rotatable bonds is 3. The zero-order chi connectivity index (χ0) is 13.2. The first-order chi connectivity index (χ1) is 9.24. The number of nitrogens with zero attached hydrogens (tertiary/aromatic N) is 2. The SMILES string of the molecule is Cc1cc(NC(=O)C2CCC2)n(-c2ccccc2)n1. The van der Waals surface area contributed by atoms with Gasteiger partial charge in [-0.05, 0) is 31.9 Å². The first kappa shape index (κ1) is 12.0. The van der Waals surface area contributed by atoms with Crippen molar-refractivity contribution in [3.8, 4) is 5.69 Å². The molecule has 2 aromatic rings. The average molecular weight is 255 g/mol. The normalized spacial score (nSPS) is 15.0. The van der Waals surface area contributed by atoms with Gasteiger partial charge in [-0.3, -0.25) is 4.79 Å². The minimum atomic E-state index is 0.114. The molecule has 4 heteroatoms. The largest absolute Gasteiger partial charge is 0.310 e. The highest BCUT2D eigenvalue weighted by atomic mass is 16.2. The molecule has 1 aromatic carbocycles. The van der Waals surface area contributed by atoms with Crippen molar-refractivity contribution in [1.29, 1.82) is 0 Å². The van der Waals surface area contributed by atoms with Crippen LogP contribution in [0, 0.1) is 12.8 Å². The molecule has 1 saturated carbocycles. The van der Waals surface area contributed by atoms with Crippen LogP contribution in [-0.2, 0) is 4.79 Å². The van der Waals surface area contributed by atoms with Gasteiger partial charge >= 0.3 is 0 Å². The average Bonchev–Trinajstić information content (AvgIpc) is 2.69. The number of hydrogen-bond donors (Lipinski definition) is 1. The van der Waals surface area contributed by atoms with E-state index >= 15 is 0 Å². The van der Waals surface area contributed by atoms with Crippen LogP contribution in [0.4, 0.5) is 5.82 Å². The standard InChI is InChI=1S/C15H17N3O/c1-11-10-14(16-15(19)12-6-5-7-12)18(17-11)13-8-3-2-4-9-13/h2-4,8-10,12H,5-7H2,1H3,(H,16,19). The third-order valence-electron chi connectivity index (χ3n) is 3.56. The van der Waals surface area contributed by atoms with Gasteiger partial charge in [0, 0.05) is 12.0 Å². The Bertz CT molecular complexity index is 585. The number of benzene rings is 1. The van der Waals surface area contributed by atoms with Crippen molar-refractivity contribution in [2.24, 2.45) is 5.92 Å². The van der Waals surface area contributed by atoms with Crippen molar-refractivity contribution in [3.63, 3.8) is 0 Å². The Balaban J connectivity index is 1.87. The van der Waals surface area contributed by atoms with Gasteiger partial charge in [0.25, 0.3) is 0 Å².